The van der Waals surface area contributed by atoms with Crippen LogP contribution in [0.1, 0.15) is 36.7 Å². The van der Waals surface area contributed by atoms with Crippen molar-refractivity contribution in [3.05, 3.63) is 59.5 Å². The van der Waals surface area contributed by atoms with E-state index in [2.05, 4.69) is 61.3 Å². The van der Waals surface area contributed by atoms with Gasteiger partial charge < -0.3 is 15.4 Å². The third-order valence-electron chi connectivity index (χ3n) is 7.46. The Morgan fingerprint density at radius 2 is 2.07 bits per heavy atom. The molecule has 1 saturated carbocycles. The number of nitrogens with zero attached hydrogens (tertiary/aromatic N) is 4. The highest BCUT2D eigenvalue weighted by Crippen LogP contribution is 2.53. The summed E-state index contributed by atoms with van der Waals surface area (Å²) in [7, 11) is 0. The van der Waals surface area contributed by atoms with E-state index in [0.717, 1.165) is 49.6 Å². The minimum atomic E-state index is -0.469. The molecule has 3 saturated heterocycles. The Balaban J connectivity index is 1.33. The summed E-state index contributed by atoms with van der Waals surface area (Å²) < 4.78 is 7.94. The molecule has 1 aliphatic carbocycles. The van der Waals surface area contributed by atoms with Crippen LogP contribution in [0.3, 0.4) is 0 Å². The quantitative estimate of drug-likeness (QED) is 0.746. The van der Waals surface area contributed by atoms with Crippen LogP contribution in [0.15, 0.2) is 42.6 Å². The fraction of sp³-hybridized carbons (Fsp3) is 0.478. The molecule has 5 heterocycles. The molecular weight excluding hydrogens is 362 g/mol. The van der Waals surface area contributed by atoms with Gasteiger partial charge in [0.25, 0.3) is 0 Å². The van der Waals surface area contributed by atoms with Crippen molar-refractivity contribution in [3.8, 4) is 0 Å². The summed E-state index contributed by atoms with van der Waals surface area (Å²) in [5.41, 5.74) is 10.7. The first-order valence-electron chi connectivity index (χ1n) is 10.6. The summed E-state index contributed by atoms with van der Waals surface area (Å²) in [5, 5.41) is 4.82. The van der Waals surface area contributed by atoms with Gasteiger partial charge in [0.05, 0.1) is 18.5 Å². The molecule has 1 aromatic carbocycles. The lowest BCUT2D eigenvalue weighted by molar-refractivity contribution is -0.0287. The van der Waals surface area contributed by atoms with E-state index in [1.165, 1.54) is 11.3 Å². The van der Waals surface area contributed by atoms with Gasteiger partial charge in [-0.25, -0.2) is 9.50 Å². The molecule has 6 nitrogen and oxygen atoms in total. The zero-order valence-corrected chi connectivity index (χ0v) is 17.0. The second-order valence-corrected chi connectivity index (χ2v) is 9.37. The molecule has 2 N–H and O–H groups in total. The van der Waals surface area contributed by atoms with Crippen LogP contribution < -0.4 is 10.6 Å². The van der Waals surface area contributed by atoms with E-state index in [-0.39, 0.29) is 11.5 Å². The molecule has 7 rings (SSSR count). The van der Waals surface area contributed by atoms with Gasteiger partial charge in [-0.2, -0.15) is 0 Å². The number of aromatic nitrogens is 3. The molecule has 4 fully saturated rings. The van der Waals surface area contributed by atoms with Crippen molar-refractivity contribution in [1.29, 1.82) is 0 Å². The van der Waals surface area contributed by atoms with Crippen molar-refractivity contribution in [2.75, 3.05) is 24.6 Å². The predicted octanol–water partition coefficient (Wildman–Crippen LogP) is 2.78. The van der Waals surface area contributed by atoms with E-state index in [4.69, 9.17) is 20.6 Å². The van der Waals surface area contributed by atoms with Crippen LogP contribution in [0.4, 0.5) is 5.69 Å². The van der Waals surface area contributed by atoms with Crippen LogP contribution >= 0.6 is 0 Å². The molecule has 6 heteroatoms. The van der Waals surface area contributed by atoms with Crippen LogP contribution in [0.25, 0.3) is 5.65 Å². The van der Waals surface area contributed by atoms with Crippen LogP contribution in [0, 0.1) is 12.8 Å². The van der Waals surface area contributed by atoms with Gasteiger partial charge in [0.2, 0.25) is 0 Å². The Morgan fingerprint density at radius 1 is 1.24 bits per heavy atom. The summed E-state index contributed by atoms with van der Waals surface area (Å²) >= 11 is 0. The highest BCUT2D eigenvalue weighted by molar-refractivity contribution is 5.58. The van der Waals surface area contributed by atoms with E-state index in [9.17, 15) is 0 Å². The lowest BCUT2D eigenvalue weighted by Crippen LogP contribution is -2.55. The summed E-state index contributed by atoms with van der Waals surface area (Å²) in [6.45, 7) is 7.25. The number of nitrogens with two attached hydrogens (primary N) is 1. The van der Waals surface area contributed by atoms with E-state index in [1.807, 2.05) is 4.52 Å². The number of anilines is 1. The highest BCUT2D eigenvalue weighted by Gasteiger charge is 2.62. The van der Waals surface area contributed by atoms with Crippen molar-refractivity contribution >= 4 is 11.3 Å². The van der Waals surface area contributed by atoms with Gasteiger partial charge in [0.15, 0.2) is 11.5 Å². The first kappa shape index (κ1) is 17.4. The van der Waals surface area contributed by atoms with E-state index >= 15 is 0 Å². The minimum Gasteiger partial charge on any atom is -0.369 e. The number of ether oxygens (including phenoxy) is 1. The molecule has 150 valence electrons. The summed E-state index contributed by atoms with van der Waals surface area (Å²) in [6, 6.07) is 13.1. The Morgan fingerprint density at radius 3 is 2.79 bits per heavy atom. The van der Waals surface area contributed by atoms with Gasteiger partial charge in [0.1, 0.15) is 5.60 Å². The van der Waals surface area contributed by atoms with Crippen molar-refractivity contribution in [2.45, 2.75) is 43.7 Å². The largest absolute Gasteiger partial charge is 0.369 e. The Kier molecular flexibility index (Phi) is 3.48. The number of aryl methyl sites for hydroxylation is 1. The Bertz CT molecular complexity index is 1090. The van der Waals surface area contributed by atoms with Gasteiger partial charge in [0, 0.05) is 30.5 Å². The molecule has 4 atom stereocenters. The topological polar surface area (TPSA) is 68.7 Å². The average Bonchev–Trinajstić information content (AvgIpc) is 3.49. The number of hydrogen-bond donors (Lipinski definition) is 1. The molecular formula is C23H27N5O. The molecule has 0 amide bonds. The van der Waals surface area contributed by atoms with E-state index < -0.39 is 5.60 Å². The number of benzene rings is 1. The maximum Gasteiger partial charge on any atom is 0.185 e. The van der Waals surface area contributed by atoms with Crippen LogP contribution in [0.5, 0.6) is 0 Å². The second-order valence-electron chi connectivity index (χ2n) is 9.37. The van der Waals surface area contributed by atoms with Gasteiger partial charge in [-0.05, 0) is 37.0 Å². The summed E-state index contributed by atoms with van der Waals surface area (Å²) in [5.74, 6) is 1.20. The van der Waals surface area contributed by atoms with Crippen molar-refractivity contribution in [2.24, 2.45) is 11.7 Å². The van der Waals surface area contributed by atoms with E-state index in [0.29, 0.717) is 5.92 Å². The zero-order chi connectivity index (χ0) is 19.8. The monoisotopic (exact) mass is 389 g/mol. The molecule has 3 aliphatic heterocycles. The zero-order valence-electron chi connectivity index (χ0n) is 17.0. The third-order valence-corrected chi connectivity index (χ3v) is 7.46. The molecule has 2 aromatic heterocycles. The summed E-state index contributed by atoms with van der Waals surface area (Å²) in [4.78, 5) is 7.30. The lowest BCUT2D eigenvalue weighted by Gasteiger charge is -2.40. The maximum absolute atomic E-state index is 6.35. The van der Waals surface area contributed by atoms with Gasteiger partial charge in [-0.15, -0.1) is 5.10 Å². The number of hydrogen-bond acceptors (Lipinski definition) is 5. The smallest absolute Gasteiger partial charge is 0.185 e. The van der Waals surface area contributed by atoms with Crippen molar-refractivity contribution < 1.29 is 4.74 Å². The minimum absolute atomic E-state index is 0.0184. The molecule has 2 bridgehead atoms. The van der Waals surface area contributed by atoms with Crippen molar-refractivity contribution in [1.82, 2.24) is 14.6 Å². The third kappa shape index (κ3) is 2.36. The Labute approximate surface area is 170 Å². The fourth-order valence-electron chi connectivity index (χ4n) is 5.49. The number of fused-ring (bicyclic) bond motifs is 2. The molecule has 0 spiro atoms. The summed E-state index contributed by atoms with van der Waals surface area (Å²) in [6.07, 6.45) is 4.20. The first-order valence-corrected chi connectivity index (χ1v) is 10.6. The fourth-order valence-corrected chi connectivity index (χ4v) is 5.49. The maximum atomic E-state index is 6.35. The first-order chi connectivity index (χ1) is 14.0. The molecule has 0 radical (unpaired) electrons. The van der Waals surface area contributed by atoms with Crippen LogP contribution in [-0.4, -0.2) is 40.3 Å². The van der Waals surface area contributed by atoms with Crippen LogP contribution in [-0.2, 0) is 15.8 Å². The standard InChI is InChI=1S/C23H27N5O/c1-15-10-18(27-9-8-22(2,14-27)17-6-4-3-5-7-17)12-28-20(15)25-21(26-28)23-11-16(13-29-23)19(23)24/h3-7,10,12,16,19H,8-9,11,13-14,24H2,1-2H3/t16?,19?,22-,23?/m0/s1. The van der Waals surface area contributed by atoms with Crippen molar-refractivity contribution in [3.63, 3.8) is 0 Å². The molecule has 3 aromatic rings. The predicted molar refractivity (Wildman–Crippen MR) is 112 cm³/mol. The average molecular weight is 390 g/mol. The highest BCUT2D eigenvalue weighted by atomic mass is 16.5. The number of pyridine rings is 1. The normalized spacial score (nSPS) is 33.4. The van der Waals surface area contributed by atoms with Gasteiger partial charge in [-0.1, -0.05) is 37.3 Å². The van der Waals surface area contributed by atoms with E-state index in [1.54, 1.807) is 0 Å². The molecule has 29 heavy (non-hydrogen) atoms. The number of rotatable bonds is 3. The van der Waals surface area contributed by atoms with Crippen LogP contribution in [0.2, 0.25) is 0 Å². The van der Waals surface area contributed by atoms with Gasteiger partial charge in [-0.3, -0.25) is 0 Å². The second kappa shape index (κ2) is 5.80. The SMILES string of the molecule is Cc1cc(N2CC[C@](C)(c3ccccc3)C2)cn2nc(C34CC(CO3)C4N)nc12. The Hall–Kier alpha value is -2.44. The van der Waals surface area contributed by atoms with Gasteiger partial charge >= 0.3 is 0 Å². The lowest BCUT2D eigenvalue weighted by atomic mass is 9.69. The molecule has 3 unspecified atom stereocenters. The molecule has 4 aliphatic rings.